The van der Waals surface area contributed by atoms with E-state index in [0.29, 0.717) is 18.4 Å². The third-order valence-corrected chi connectivity index (χ3v) is 3.24. The first-order valence-corrected chi connectivity index (χ1v) is 6.52. The second kappa shape index (κ2) is 6.10. The normalized spacial score (nSPS) is 13.4. The van der Waals surface area contributed by atoms with E-state index in [9.17, 15) is 5.11 Å². The van der Waals surface area contributed by atoms with Crippen LogP contribution in [0.15, 0.2) is 18.2 Å². The molecule has 0 saturated heterocycles. The number of nitrogens with one attached hydrogen (secondary N) is 1. The molecule has 1 aromatic carbocycles. The molecule has 2 N–H and O–H groups in total. The summed E-state index contributed by atoms with van der Waals surface area (Å²) in [5.41, 5.74) is 1.35. The summed E-state index contributed by atoms with van der Waals surface area (Å²) in [5, 5.41) is 13.1. The van der Waals surface area contributed by atoms with Crippen LogP contribution in [0.5, 0.6) is 11.5 Å². The van der Waals surface area contributed by atoms with Crippen LogP contribution in [0.2, 0.25) is 0 Å². The summed E-state index contributed by atoms with van der Waals surface area (Å²) in [6.07, 6.45) is 0. The van der Waals surface area contributed by atoms with Crippen LogP contribution in [0.4, 0.5) is 0 Å². The van der Waals surface area contributed by atoms with Crippen molar-refractivity contribution in [2.75, 3.05) is 6.61 Å². The van der Waals surface area contributed by atoms with E-state index in [1.165, 1.54) is 0 Å². The molecule has 1 aromatic rings. The van der Waals surface area contributed by atoms with Crippen molar-refractivity contribution in [1.82, 2.24) is 5.32 Å². The van der Waals surface area contributed by atoms with Gasteiger partial charge in [-0.1, -0.05) is 26.8 Å². The first-order chi connectivity index (χ1) is 8.34. The van der Waals surface area contributed by atoms with Gasteiger partial charge in [0.15, 0.2) is 11.5 Å². The van der Waals surface area contributed by atoms with Gasteiger partial charge in [-0.25, -0.2) is 0 Å². The monoisotopic (exact) mass is 251 g/mol. The van der Waals surface area contributed by atoms with E-state index >= 15 is 0 Å². The summed E-state index contributed by atoms with van der Waals surface area (Å²) in [6, 6.07) is 5.91. The van der Waals surface area contributed by atoms with E-state index in [-0.39, 0.29) is 11.2 Å². The highest BCUT2D eigenvalue weighted by Gasteiger charge is 2.19. The number of rotatable bonds is 5. The zero-order valence-electron chi connectivity index (χ0n) is 12.1. The molecular formula is C15H25NO2. The van der Waals surface area contributed by atoms with Gasteiger partial charge in [-0.05, 0) is 37.0 Å². The number of phenolic OH excluding ortho intramolecular Hbond substituents is 1. The van der Waals surface area contributed by atoms with Gasteiger partial charge in [-0.3, -0.25) is 0 Å². The summed E-state index contributed by atoms with van der Waals surface area (Å²) in [7, 11) is 0. The van der Waals surface area contributed by atoms with Crippen LogP contribution in [0.3, 0.4) is 0 Å². The van der Waals surface area contributed by atoms with Gasteiger partial charge >= 0.3 is 0 Å². The third-order valence-electron chi connectivity index (χ3n) is 3.24. The fourth-order valence-electron chi connectivity index (χ4n) is 1.52. The maximum atomic E-state index is 9.63. The Labute approximate surface area is 110 Å². The predicted octanol–water partition coefficient (Wildman–Crippen LogP) is 3.32. The number of aromatic hydroxyl groups is 1. The maximum absolute atomic E-state index is 9.63. The van der Waals surface area contributed by atoms with Gasteiger partial charge < -0.3 is 15.2 Å². The van der Waals surface area contributed by atoms with Crippen LogP contribution >= 0.6 is 0 Å². The molecular weight excluding hydrogens is 226 g/mol. The minimum Gasteiger partial charge on any atom is -0.504 e. The second-order valence-electron chi connectivity index (χ2n) is 5.70. The minimum atomic E-state index is 0.199. The number of phenols is 1. The van der Waals surface area contributed by atoms with Gasteiger partial charge in [-0.15, -0.1) is 0 Å². The third kappa shape index (κ3) is 4.22. The van der Waals surface area contributed by atoms with Gasteiger partial charge in [0, 0.05) is 12.6 Å². The van der Waals surface area contributed by atoms with Crippen LogP contribution < -0.4 is 10.1 Å². The Hall–Kier alpha value is -1.22. The molecule has 0 aliphatic rings. The Bertz CT molecular complexity index is 383. The van der Waals surface area contributed by atoms with Gasteiger partial charge in [-0.2, -0.15) is 0 Å². The van der Waals surface area contributed by atoms with Crippen LogP contribution in [0.1, 0.15) is 40.2 Å². The predicted molar refractivity (Wildman–Crippen MR) is 75.0 cm³/mol. The lowest BCUT2D eigenvalue weighted by molar-refractivity contribution is 0.284. The van der Waals surface area contributed by atoms with Gasteiger partial charge in [0.25, 0.3) is 0 Å². The largest absolute Gasteiger partial charge is 0.504 e. The maximum Gasteiger partial charge on any atom is 0.161 e. The molecule has 0 saturated carbocycles. The van der Waals surface area contributed by atoms with E-state index in [1.54, 1.807) is 6.07 Å². The Morgan fingerprint density at radius 2 is 2.00 bits per heavy atom. The van der Waals surface area contributed by atoms with Gasteiger partial charge in [0.1, 0.15) is 0 Å². The molecule has 18 heavy (non-hydrogen) atoms. The summed E-state index contributed by atoms with van der Waals surface area (Å²) in [6.45, 7) is 12.1. The smallest absolute Gasteiger partial charge is 0.161 e. The first kappa shape index (κ1) is 14.8. The lowest BCUT2D eigenvalue weighted by Gasteiger charge is -2.28. The van der Waals surface area contributed by atoms with Crippen molar-refractivity contribution in [2.24, 2.45) is 5.41 Å². The SMILES string of the molecule is CCOc1cc(CNC(C)C(C)(C)C)ccc1O. The summed E-state index contributed by atoms with van der Waals surface area (Å²) >= 11 is 0. The van der Waals surface area contributed by atoms with E-state index in [0.717, 1.165) is 12.1 Å². The number of hydrogen-bond donors (Lipinski definition) is 2. The molecule has 3 heteroatoms. The molecule has 0 aliphatic carbocycles. The molecule has 1 rings (SSSR count). The second-order valence-corrected chi connectivity index (χ2v) is 5.70. The zero-order chi connectivity index (χ0) is 13.8. The zero-order valence-corrected chi connectivity index (χ0v) is 12.1. The molecule has 0 bridgehead atoms. The van der Waals surface area contributed by atoms with Crippen molar-refractivity contribution >= 4 is 0 Å². The first-order valence-electron chi connectivity index (χ1n) is 6.52. The highest BCUT2D eigenvalue weighted by molar-refractivity contribution is 5.41. The van der Waals surface area contributed by atoms with Crippen molar-refractivity contribution < 1.29 is 9.84 Å². The van der Waals surface area contributed by atoms with Crippen molar-refractivity contribution in [3.05, 3.63) is 23.8 Å². The molecule has 0 aromatic heterocycles. The highest BCUT2D eigenvalue weighted by Crippen LogP contribution is 2.27. The Balaban J connectivity index is 2.65. The number of benzene rings is 1. The molecule has 0 fully saturated rings. The lowest BCUT2D eigenvalue weighted by atomic mass is 9.88. The fraction of sp³-hybridized carbons (Fsp3) is 0.600. The molecule has 3 nitrogen and oxygen atoms in total. The minimum absolute atomic E-state index is 0.199. The number of hydrogen-bond acceptors (Lipinski definition) is 3. The van der Waals surface area contributed by atoms with E-state index in [1.807, 2.05) is 19.1 Å². The van der Waals surface area contributed by atoms with E-state index in [4.69, 9.17) is 4.74 Å². The van der Waals surface area contributed by atoms with E-state index in [2.05, 4.69) is 33.0 Å². The van der Waals surface area contributed by atoms with Crippen molar-refractivity contribution in [1.29, 1.82) is 0 Å². The van der Waals surface area contributed by atoms with Crippen LogP contribution in [-0.2, 0) is 6.54 Å². The fourth-order valence-corrected chi connectivity index (χ4v) is 1.52. The molecule has 1 atom stereocenters. The quantitative estimate of drug-likeness (QED) is 0.843. The van der Waals surface area contributed by atoms with Crippen molar-refractivity contribution in [3.63, 3.8) is 0 Å². The topological polar surface area (TPSA) is 41.5 Å². The average Bonchev–Trinajstić information content (AvgIpc) is 2.28. The molecule has 0 aliphatic heterocycles. The van der Waals surface area contributed by atoms with Crippen LogP contribution in [0.25, 0.3) is 0 Å². The van der Waals surface area contributed by atoms with Crippen LogP contribution in [0, 0.1) is 5.41 Å². The van der Waals surface area contributed by atoms with E-state index < -0.39 is 0 Å². The van der Waals surface area contributed by atoms with Crippen LogP contribution in [-0.4, -0.2) is 17.8 Å². The van der Waals surface area contributed by atoms with Gasteiger partial charge in [0.2, 0.25) is 0 Å². The summed E-state index contributed by atoms with van der Waals surface area (Å²) in [4.78, 5) is 0. The molecule has 102 valence electrons. The Kier molecular flexibility index (Phi) is 5.03. The number of ether oxygens (including phenoxy) is 1. The Morgan fingerprint density at radius 3 is 2.56 bits per heavy atom. The molecule has 0 radical (unpaired) electrons. The molecule has 0 spiro atoms. The van der Waals surface area contributed by atoms with Crippen molar-refractivity contribution in [2.45, 2.75) is 47.2 Å². The summed E-state index contributed by atoms with van der Waals surface area (Å²) < 4.78 is 5.37. The lowest BCUT2D eigenvalue weighted by Crippen LogP contribution is -2.37. The standard InChI is InChI=1S/C15H25NO2/c1-6-18-14-9-12(7-8-13(14)17)10-16-11(2)15(3,4)5/h7-9,11,16-17H,6,10H2,1-5H3. The molecule has 1 unspecified atom stereocenters. The van der Waals surface area contributed by atoms with Gasteiger partial charge in [0.05, 0.1) is 6.61 Å². The molecule has 0 heterocycles. The average molecular weight is 251 g/mol. The highest BCUT2D eigenvalue weighted by atomic mass is 16.5. The molecule has 0 amide bonds. The summed E-state index contributed by atoms with van der Waals surface area (Å²) in [5.74, 6) is 0.754. The Morgan fingerprint density at radius 1 is 1.33 bits per heavy atom. The van der Waals surface area contributed by atoms with Crippen molar-refractivity contribution in [3.8, 4) is 11.5 Å².